The number of aromatic nitrogens is 3. The van der Waals surface area contributed by atoms with Gasteiger partial charge in [0.05, 0.1) is 26.1 Å². The fourth-order valence-corrected chi connectivity index (χ4v) is 3.99. The van der Waals surface area contributed by atoms with Crippen LogP contribution in [0.5, 0.6) is 11.5 Å². The lowest BCUT2D eigenvalue weighted by Gasteiger charge is -2.23. The zero-order valence-electron chi connectivity index (χ0n) is 15.4. The van der Waals surface area contributed by atoms with Crippen molar-refractivity contribution in [2.75, 3.05) is 27.3 Å². The number of ether oxygens (including phenoxy) is 2. The number of aromatic amines is 1. The molecule has 1 aliphatic heterocycles. The number of hydrogen-bond acceptors (Lipinski definition) is 5. The molecule has 1 saturated heterocycles. The number of nitrogens with zero attached hydrogens (tertiary/aromatic N) is 3. The second-order valence-corrected chi connectivity index (χ2v) is 6.73. The standard InChI is InChI=1S/C19H24N4O3/c1-4-22-7-5-6-12(22)10-23-11-20-17-13-8-15(25-2)16(26-3)9-14(13)21-18(17)19(23)24/h8-9,11-12,21H,4-7,10H2,1-3H3/t12-/m1/s1. The number of rotatable bonds is 5. The summed E-state index contributed by atoms with van der Waals surface area (Å²) in [6.45, 7) is 4.97. The summed E-state index contributed by atoms with van der Waals surface area (Å²) < 4.78 is 12.5. The van der Waals surface area contributed by atoms with Gasteiger partial charge in [0.25, 0.3) is 5.56 Å². The fourth-order valence-electron chi connectivity index (χ4n) is 3.99. The van der Waals surface area contributed by atoms with Gasteiger partial charge in [0.15, 0.2) is 11.5 Å². The highest BCUT2D eigenvalue weighted by atomic mass is 16.5. The molecule has 1 aliphatic rings. The van der Waals surface area contributed by atoms with Crippen molar-refractivity contribution in [3.05, 3.63) is 28.8 Å². The maximum absolute atomic E-state index is 13.0. The Bertz CT molecular complexity index is 1010. The molecule has 1 fully saturated rings. The smallest absolute Gasteiger partial charge is 0.277 e. The summed E-state index contributed by atoms with van der Waals surface area (Å²) in [4.78, 5) is 23.2. The molecule has 7 heteroatoms. The maximum Gasteiger partial charge on any atom is 0.277 e. The first-order valence-corrected chi connectivity index (χ1v) is 9.03. The lowest BCUT2D eigenvalue weighted by atomic mass is 10.2. The van der Waals surface area contributed by atoms with Crippen LogP contribution >= 0.6 is 0 Å². The van der Waals surface area contributed by atoms with Gasteiger partial charge in [-0.1, -0.05) is 6.92 Å². The zero-order chi connectivity index (χ0) is 18.3. The van der Waals surface area contributed by atoms with Gasteiger partial charge in [-0.15, -0.1) is 0 Å². The topological polar surface area (TPSA) is 72.4 Å². The number of H-pyrrole nitrogens is 1. The molecule has 26 heavy (non-hydrogen) atoms. The number of benzene rings is 1. The molecule has 3 aromatic rings. The molecule has 0 unspecified atom stereocenters. The summed E-state index contributed by atoms with van der Waals surface area (Å²) >= 11 is 0. The third kappa shape index (κ3) is 2.63. The van der Waals surface area contributed by atoms with Crippen LogP contribution in [0.25, 0.3) is 21.9 Å². The summed E-state index contributed by atoms with van der Waals surface area (Å²) in [6.07, 6.45) is 3.98. The summed E-state index contributed by atoms with van der Waals surface area (Å²) in [7, 11) is 3.19. The lowest BCUT2D eigenvalue weighted by molar-refractivity contribution is 0.242. The molecule has 1 aromatic carbocycles. The molecule has 0 spiro atoms. The van der Waals surface area contributed by atoms with Crippen LogP contribution in [-0.2, 0) is 6.54 Å². The minimum absolute atomic E-state index is 0.0351. The van der Waals surface area contributed by atoms with Gasteiger partial charge in [0, 0.05) is 24.0 Å². The Hall–Kier alpha value is -2.54. The van der Waals surface area contributed by atoms with E-state index in [9.17, 15) is 4.79 Å². The molecule has 1 N–H and O–H groups in total. The van der Waals surface area contributed by atoms with E-state index in [1.807, 2.05) is 12.1 Å². The van der Waals surface area contributed by atoms with Crippen LogP contribution < -0.4 is 15.0 Å². The quantitative estimate of drug-likeness (QED) is 0.760. The molecule has 0 bridgehead atoms. The van der Waals surface area contributed by atoms with E-state index in [-0.39, 0.29) is 5.56 Å². The van der Waals surface area contributed by atoms with Crippen LogP contribution in [-0.4, -0.2) is 52.8 Å². The van der Waals surface area contributed by atoms with E-state index < -0.39 is 0 Å². The number of methoxy groups -OCH3 is 2. The first-order valence-electron chi connectivity index (χ1n) is 9.03. The third-order valence-corrected chi connectivity index (χ3v) is 5.39. The fraction of sp³-hybridized carbons (Fsp3) is 0.474. The van der Waals surface area contributed by atoms with Gasteiger partial charge in [-0.2, -0.15) is 0 Å². The van der Waals surface area contributed by atoms with E-state index in [1.54, 1.807) is 25.1 Å². The van der Waals surface area contributed by atoms with Crippen molar-refractivity contribution in [1.29, 1.82) is 0 Å². The van der Waals surface area contributed by atoms with Crippen LogP contribution in [0.15, 0.2) is 23.3 Å². The zero-order valence-corrected chi connectivity index (χ0v) is 15.4. The number of likely N-dealkylation sites (N-methyl/N-ethyl adjacent to an activating group) is 1. The Kier molecular flexibility index (Phi) is 4.32. The van der Waals surface area contributed by atoms with Crippen molar-refractivity contribution in [3.8, 4) is 11.5 Å². The second kappa shape index (κ2) is 6.64. The Balaban J connectivity index is 1.80. The SMILES string of the molecule is CCN1CCC[C@@H]1Cn1cnc2c([nH]c3cc(OC)c(OC)cc32)c1=O. The summed E-state index contributed by atoms with van der Waals surface area (Å²) in [5.41, 5.74) is 1.97. The molecule has 0 saturated carbocycles. The molecule has 1 atom stereocenters. The molecule has 0 aliphatic carbocycles. The number of likely N-dealkylation sites (tertiary alicyclic amines) is 1. The molecule has 2 aromatic heterocycles. The number of hydrogen-bond donors (Lipinski definition) is 1. The minimum Gasteiger partial charge on any atom is -0.493 e. The highest BCUT2D eigenvalue weighted by molar-refractivity contribution is 6.05. The number of nitrogens with one attached hydrogen (secondary N) is 1. The predicted molar refractivity (Wildman–Crippen MR) is 101 cm³/mol. The second-order valence-electron chi connectivity index (χ2n) is 6.73. The largest absolute Gasteiger partial charge is 0.493 e. The van der Waals surface area contributed by atoms with Gasteiger partial charge in [0.1, 0.15) is 11.0 Å². The average Bonchev–Trinajstić information content (AvgIpc) is 3.26. The van der Waals surface area contributed by atoms with E-state index in [4.69, 9.17) is 9.47 Å². The van der Waals surface area contributed by atoms with Crippen molar-refractivity contribution in [2.24, 2.45) is 0 Å². The molecule has 4 rings (SSSR count). The summed E-state index contributed by atoms with van der Waals surface area (Å²) in [6, 6.07) is 4.11. The normalized spacial score (nSPS) is 18.0. The van der Waals surface area contributed by atoms with E-state index >= 15 is 0 Å². The van der Waals surface area contributed by atoms with Crippen LogP contribution in [0.1, 0.15) is 19.8 Å². The Morgan fingerprint density at radius 3 is 2.77 bits per heavy atom. The Morgan fingerprint density at radius 1 is 1.27 bits per heavy atom. The highest BCUT2D eigenvalue weighted by Gasteiger charge is 2.24. The van der Waals surface area contributed by atoms with Crippen molar-refractivity contribution < 1.29 is 9.47 Å². The molecule has 7 nitrogen and oxygen atoms in total. The van der Waals surface area contributed by atoms with E-state index in [2.05, 4.69) is 21.8 Å². The molecule has 3 heterocycles. The van der Waals surface area contributed by atoms with Gasteiger partial charge in [-0.3, -0.25) is 14.3 Å². The van der Waals surface area contributed by atoms with E-state index in [1.165, 1.54) is 6.42 Å². The van der Waals surface area contributed by atoms with Crippen molar-refractivity contribution >= 4 is 21.9 Å². The highest BCUT2D eigenvalue weighted by Crippen LogP contribution is 2.34. The molecule has 138 valence electrons. The monoisotopic (exact) mass is 356 g/mol. The molecule has 0 amide bonds. The average molecular weight is 356 g/mol. The lowest BCUT2D eigenvalue weighted by Crippen LogP contribution is -2.36. The van der Waals surface area contributed by atoms with Crippen LogP contribution in [0.3, 0.4) is 0 Å². The van der Waals surface area contributed by atoms with Gasteiger partial charge < -0.3 is 14.5 Å². The number of fused-ring (bicyclic) bond motifs is 3. The maximum atomic E-state index is 13.0. The summed E-state index contributed by atoms with van der Waals surface area (Å²) in [5, 5.41) is 0.859. The van der Waals surface area contributed by atoms with Crippen molar-refractivity contribution in [3.63, 3.8) is 0 Å². The first kappa shape index (κ1) is 16.9. The predicted octanol–water partition coefficient (Wildman–Crippen LogP) is 2.38. The van der Waals surface area contributed by atoms with E-state index in [0.29, 0.717) is 35.1 Å². The van der Waals surface area contributed by atoms with E-state index in [0.717, 1.165) is 30.4 Å². The van der Waals surface area contributed by atoms with Gasteiger partial charge in [-0.05, 0) is 32.0 Å². The minimum atomic E-state index is -0.0351. The van der Waals surface area contributed by atoms with Gasteiger partial charge in [0.2, 0.25) is 0 Å². The van der Waals surface area contributed by atoms with Crippen molar-refractivity contribution in [2.45, 2.75) is 32.4 Å². The Labute approximate surface area is 151 Å². The Morgan fingerprint density at radius 2 is 2.04 bits per heavy atom. The van der Waals surface area contributed by atoms with Gasteiger partial charge in [-0.25, -0.2) is 4.98 Å². The van der Waals surface area contributed by atoms with Crippen molar-refractivity contribution in [1.82, 2.24) is 19.4 Å². The summed E-state index contributed by atoms with van der Waals surface area (Å²) in [5.74, 6) is 1.24. The molecular formula is C19H24N4O3. The van der Waals surface area contributed by atoms with Crippen LogP contribution in [0, 0.1) is 0 Å². The van der Waals surface area contributed by atoms with Gasteiger partial charge >= 0.3 is 0 Å². The molecular weight excluding hydrogens is 332 g/mol. The van der Waals surface area contributed by atoms with Crippen LogP contribution in [0.4, 0.5) is 0 Å². The molecule has 0 radical (unpaired) electrons. The van der Waals surface area contributed by atoms with Crippen LogP contribution in [0.2, 0.25) is 0 Å². The third-order valence-electron chi connectivity index (χ3n) is 5.39. The first-order chi connectivity index (χ1) is 12.7.